The number of hydrogen-bond donors (Lipinski definition) is 1. The van der Waals surface area contributed by atoms with Crippen molar-refractivity contribution in [3.63, 3.8) is 0 Å². The Morgan fingerprint density at radius 3 is 2.74 bits per heavy atom. The molecule has 0 saturated heterocycles. The van der Waals surface area contributed by atoms with Gasteiger partial charge in [-0.1, -0.05) is 44.2 Å². The maximum Gasteiger partial charge on any atom is 0.277 e. The normalized spacial score (nSPS) is 11.8. The molecule has 0 unspecified atom stereocenters. The van der Waals surface area contributed by atoms with Crippen molar-refractivity contribution in [1.29, 1.82) is 0 Å². The summed E-state index contributed by atoms with van der Waals surface area (Å²) < 4.78 is 6.44. The number of benzene rings is 2. The summed E-state index contributed by atoms with van der Waals surface area (Å²) in [6.45, 7) is 6.05. The molecule has 0 fully saturated rings. The van der Waals surface area contributed by atoms with E-state index in [9.17, 15) is 4.79 Å². The molecule has 4 nitrogen and oxygen atoms in total. The van der Waals surface area contributed by atoms with E-state index in [4.69, 9.17) is 4.74 Å². The van der Waals surface area contributed by atoms with E-state index >= 15 is 0 Å². The Balaban J connectivity index is 1.96. The largest absolute Gasteiger partial charge is 0.483 e. The Labute approximate surface area is 145 Å². The van der Waals surface area contributed by atoms with E-state index in [0.29, 0.717) is 11.7 Å². The van der Waals surface area contributed by atoms with E-state index in [1.165, 1.54) is 0 Å². The van der Waals surface area contributed by atoms with E-state index < -0.39 is 0 Å². The van der Waals surface area contributed by atoms with E-state index in [1.54, 1.807) is 0 Å². The molecule has 122 valence electrons. The minimum absolute atomic E-state index is 0.0740. The zero-order valence-corrected chi connectivity index (χ0v) is 15.2. The van der Waals surface area contributed by atoms with Crippen molar-refractivity contribution in [1.82, 2.24) is 5.43 Å². The molecule has 0 saturated carbocycles. The van der Waals surface area contributed by atoms with Crippen LogP contribution in [0, 0.1) is 5.92 Å². The van der Waals surface area contributed by atoms with Gasteiger partial charge in [-0.2, -0.15) is 5.10 Å². The van der Waals surface area contributed by atoms with Crippen molar-refractivity contribution in [2.45, 2.75) is 27.2 Å². The van der Waals surface area contributed by atoms with Crippen LogP contribution in [-0.2, 0) is 4.79 Å². The van der Waals surface area contributed by atoms with Crippen LogP contribution in [0.2, 0.25) is 0 Å². The van der Waals surface area contributed by atoms with Crippen LogP contribution in [0.4, 0.5) is 0 Å². The first kappa shape index (κ1) is 17.5. The summed E-state index contributed by atoms with van der Waals surface area (Å²) in [4.78, 5) is 11.8. The minimum Gasteiger partial charge on any atom is -0.483 e. The average Bonchev–Trinajstić information content (AvgIpc) is 2.52. The second-order valence-electron chi connectivity index (χ2n) is 5.87. The number of carbonyl (C=O) groups excluding carboxylic acids is 1. The van der Waals surface area contributed by atoms with Crippen molar-refractivity contribution in [2.24, 2.45) is 11.0 Å². The highest BCUT2D eigenvalue weighted by molar-refractivity contribution is 9.10. The number of amides is 1. The second kappa shape index (κ2) is 8.11. The van der Waals surface area contributed by atoms with Crippen molar-refractivity contribution in [3.05, 3.63) is 40.9 Å². The topological polar surface area (TPSA) is 50.7 Å². The molecule has 0 aliphatic rings. The van der Waals surface area contributed by atoms with Crippen LogP contribution in [0.3, 0.4) is 0 Å². The zero-order chi connectivity index (χ0) is 16.8. The molecular weight excluding hydrogens is 356 g/mol. The Morgan fingerprint density at radius 1 is 1.26 bits per heavy atom. The highest BCUT2D eigenvalue weighted by atomic mass is 79.9. The van der Waals surface area contributed by atoms with Gasteiger partial charge < -0.3 is 4.74 Å². The van der Waals surface area contributed by atoms with Crippen LogP contribution < -0.4 is 10.2 Å². The lowest BCUT2D eigenvalue weighted by atomic mass is 10.1. The SMILES string of the molecule is C/C(CC(C)C)=N\NC(=O)COc1ccc2ccccc2c1Br. The number of halogens is 1. The molecule has 0 radical (unpaired) electrons. The number of nitrogens with zero attached hydrogens (tertiary/aromatic N) is 1. The van der Waals surface area contributed by atoms with Crippen LogP contribution in [0.1, 0.15) is 27.2 Å². The first-order chi connectivity index (χ1) is 11.0. The molecule has 2 aromatic carbocycles. The highest BCUT2D eigenvalue weighted by Crippen LogP contribution is 2.32. The third kappa shape index (κ3) is 5.06. The molecule has 23 heavy (non-hydrogen) atoms. The van der Waals surface area contributed by atoms with Gasteiger partial charge in [0.05, 0.1) is 4.47 Å². The van der Waals surface area contributed by atoms with Gasteiger partial charge in [-0.3, -0.25) is 4.79 Å². The summed E-state index contributed by atoms with van der Waals surface area (Å²) in [6, 6.07) is 11.8. The second-order valence-corrected chi connectivity index (χ2v) is 6.66. The molecular formula is C18H21BrN2O2. The van der Waals surface area contributed by atoms with Crippen molar-refractivity contribution < 1.29 is 9.53 Å². The van der Waals surface area contributed by atoms with Crippen molar-refractivity contribution in [2.75, 3.05) is 6.61 Å². The first-order valence-corrected chi connectivity index (χ1v) is 8.38. The summed E-state index contributed by atoms with van der Waals surface area (Å²) in [6.07, 6.45) is 0.858. The van der Waals surface area contributed by atoms with Crippen LogP contribution in [-0.4, -0.2) is 18.2 Å². The van der Waals surface area contributed by atoms with E-state index in [0.717, 1.165) is 27.4 Å². The smallest absolute Gasteiger partial charge is 0.277 e. The third-order valence-corrected chi connectivity index (χ3v) is 4.08. The van der Waals surface area contributed by atoms with Crippen molar-refractivity contribution >= 4 is 38.3 Å². The lowest BCUT2D eigenvalue weighted by Crippen LogP contribution is -2.25. The fourth-order valence-corrected chi connectivity index (χ4v) is 2.90. The number of carbonyl (C=O) groups is 1. The van der Waals surface area contributed by atoms with Gasteiger partial charge in [0.2, 0.25) is 0 Å². The predicted octanol–water partition coefficient (Wildman–Crippen LogP) is 4.52. The quantitative estimate of drug-likeness (QED) is 0.595. The van der Waals surface area contributed by atoms with Gasteiger partial charge >= 0.3 is 0 Å². The van der Waals surface area contributed by atoms with Crippen LogP contribution >= 0.6 is 15.9 Å². The summed E-state index contributed by atoms with van der Waals surface area (Å²) in [7, 11) is 0. The number of hydrogen-bond acceptors (Lipinski definition) is 3. The molecule has 2 rings (SSSR count). The third-order valence-electron chi connectivity index (χ3n) is 3.26. The zero-order valence-electron chi connectivity index (χ0n) is 13.6. The summed E-state index contributed by atoms with van der Waals surface area (Å²) in [5.41, 5.74) is 3.43. The molecule has 1 N–H and O–H groups in total. The monoisotopic (exact) mass is 376 g/mol. The summed E-state index contributed by atoms with van der Waals surface area (Å²) >= 11 is 3.54. The molecule has 0 spiro atoms. The summed E-state index contributed by atoms with van der Waals surface area (Å²) in [5.74, 6) is 0.885. The molecule has 0 heterocycles. The molecule has 0 bridgehead atoms. The standard InChI is InChI=1S/C18H21BrN2O2/c1-12(2)10-13(3)20-21-17(22)11-23-16-9-8-14-6-4-5-7-15(14)18(16)19/h4-9,12H,10-11H2,1-3H3,(H,21,22)/b20-13+. The number of nitrogens with one attached hydrogen (secondary N) is 1. The van der Waals surface area contributed by atoms with Gasteiger partial charge in [-0.05, 0) is 52.0 Å². The molecule has 5 heteroatoms. The molecule has 0 aliphatic carbocycles. The lowest BCUT2D eigenvalue weighted by molar-refractivity contribution is -0.123. The maximum atomic E-state index is 11.8. The fraction of sp³-hybridized carbons (Fsp3) is 0.333. The van der Waals surface area contributed by atoms with Crippen LogP contribution in [0.5, 0.6) is 5.75 Å². The minimum atomic E-state index is -0.270. The number of rotatable bonds is 6. The van der Waals surface area contributed by atoms with E-state index in [-0.39, 0.29) is 12.5 Å². The van der Waals surface area contributed by atoms with Gasteiger partial charge in [0.1, 0.15) is 5.75 Å². The van der Waals surface area contributed by atoms with E-state index in [2.05, 4.69) is 40.3 Å². The molecule has 1 amide bonds. The predicted molar refractivity (Wildman–Crippen MR) is 97.8 cm³/mol. The molecule has 2 aromatic rings. The summed E-state index contributed by atoms with van der Waals surface area (Å²) in [5, 5.41) is 6.24. The van der Waals surface area contributed by atoms with Crippen LogP contribution in [0.15, 0.2) is 46.0 Å². The van der Waals surface area contributed by atoms with Gasteiger partial charge in [0.15, 0.2) is 6.61 Å². The lowest BCUT2D eigenvalue weighted by Gasteiger charge is -2.10. The highest BCUT2D eigenvalue weighted by Gasteiger charge is 2.08. The van der Waals surface area contributed by atoms with Gasteiger partial charge in [0, 0.05) is 5.71 Å². The Kier molecular flexibility index (Phi) is 6.16. The average molecular weight is 377 g/mol. The molecule has 0 aromatic heterocycles. The molecule has 0 aliphatic heterocycles. The van der Waals surface area contributed by atoms with Crippen LogP contribution in [0.25, 0.3) is 10.8 Å². The first-order valence-electron chi connectivity index (χ1n) is 7.59. The number of hydrazone groups is 1. The maximum absolute atomic E-state index is 11.8. The Hall–Kier alpha value is -1.88. The van der Waals surface area contributed by atoms with E-state index in [1.807, 2.05) is 43.3 Å². The van der Waals surface area contributed by atoms with Crippen molar-refractivity contribution in [3.8, 4) is 5.75 Å². The molecule has 0 atom stereocenters. The Morgan fingerprint density at radius 2 is 2.00 bits per heavy atom. The van der Waals surface area contributed by atoms with Gasteiger partial charge in [0.25, 0.3) is 5.91 Å². The number of fused-ring (bicyclic) bond motifs is 1. The van der Waals surface area contributed by atoms with Gasteiger partial charge in [-0.15, -0.1) is 0 Å². The number of ether oxygens (including phenoxy) is 1. The fourth-order valence-electron chi connectivity index (χ4n) is 2.29. The van der Waals surface area contributed by atoms with Gasteiger partial charge in [-0.25, -0.2) is 5.43 Å². The Bertz CT molecular complexity index is 726.